The normalized spacial score (nSPS) is 24.0. The first-order valence-corrected chi connectivity index (χ1v) is 13.0. The fraction of sp³-hybridized carbons (Fsp3) is 0.476. The molecule has 2 aliphatic heterocycles. The number of nitrogens with zero attached hydrogens (tertiary/aromatic N) is 5. The first-order valence-electron chi connectivity index (χ1n) is 10.7. The van der Waals surface area contributed by atoms with Gasteiger partial charge in [-0.25, -0.2) is 13.4 Å². The Morgan fingerprint density at radius 2 is 2.09 bits per heavy atom. The predicted molar refractivity (Wildman–Crippen MR) is 121 cm³/mol. The number of aromatic nitrogens is 4. The van der Waals surface area contributed by atoms with Gasteiger partial charge in [0.2, 0.25) is 5.13 Å². The SMILES string of the molecule is C[C@@H]1CCN([C@H]2CCOc3cc(S(=O)(=O)Nc4ncns4)ccc32)[C@H](c2ccnn2C)C1. The largest absolute Gasteiger partial charge is 0.493 e. The molecule has 1 aromatic carbocycles. The highest BCUT2D eigenvalue weighted by Gasteiger charge is 2.37. The third-order valence-corrected chi connectivity index (χ3v) is 8.44. The molecule has 3 aromatic rings. The molecule has 5 rings (SSSR count). The highest BCUT2D eigenvalue weighted by molar-refractivity contribution is 7.93. The van der Waals surface area contributed by atoms with Crippen molar-refractivity contribution >= 4 is 26.7 Å². The molecule has 0 bridgehead atoms. The van der Waals surface area contributed by atoms with E-state index >= 15 is 0 Å². The summed E-state index contributed by atoms with van der Waals surface area (Å²) in [5.74, 6) is 1.27. The number of anilines is 1. The van der Waals surface area contributed by atoms with Gasteiger partial charge in [-0.1, -0.05) is 13.0 Å². The Balaban J connectivity index is 1.46. The highest BCUT2D eigenvalue weighted by atomic mass is 32.2. The Morgan fingerprint density at radius 3 is 2.84 bits per heavy atom. The van der Waals surface area contributed by atoms with Gasteiger partial charge in [-0.2, -0.15) is 9.47 Å². The average molecular weight is 475 g/mol. The van der Waals surface area contributed by atoms with Gasteiger partial charge in [-0.15, -0.1) is 0 Å². The lowest BCUT2D eigenvalue weighted by molar-refractivity contribution is 0.0450. The van der Waals surface area contributed by atoms with E-state index in [0.717, 1.165) is 42.9 Å². The van der Waals surface area contributed by atoms with Crippen LogP contribution in [-0.2, 0) is 17.1 Å². The average Bonchev–Trinajstić information content (AvgIpc) is 3.44. The molecule has 0 unspecified atom stereocenters. The molecule has 1 saturated heterocycles. The number of hydrogen-bond donors (Lipinski definition) is 1. The topological polar surface area (TPSA) is 102 Å². The summed E-state index contributed by atoms with van der Waals surface area (Å²) in [5, 5.41) is 4.63. The lowest BCUT2D eigenvalue weighted by atomic mass is 9.87. The minimum absolute atomic E-state index is 0.155. The van der Waals surface area contributed by atoms with Gasteiger partial charge in [0.15, 0.2) is 0 Å². The van der Waals surface area contributed by atoms with E-state index in [4.69, 9.17) is 4.74 Å². The van der Waals surface area contributed by atoms with E-state index in [0.29, 0.717) is 18.3 Å². The predicted octanol–water partition coefficient (Wildman–Crippen LogP) is 3.37. The van der Waals surface area contributed by atoms with Crippen LogP contribution in [0.3, 0.4) is 0 Å². The van der Waals surface area contributed by atoms with Crippen molar-refractivity contribution in [3.63, 3.8) is 0 Å². The van der Waals surface area contributed by atoms with Gasteiger partial charge < -0.3 is 4.74 Å². The molecule has 0 saturated carbocycles. The molecular weight excluding hydrogens is 448 g/mol. The van der Waals surface area contributed by atoms with Gasteiger partial charge >= 0.3 is 0 Å². The van der Waals surface area contributed by atoms with Crippen LogP contribution >= 0.6 is 11.5 Å². The lowest BCUT2D eigenvalue weighted by Crippen LogP contribution is -2.41. The summed E-state index contributed by atoms with van der Waals surface area (Å²) in [5.41, 5.74) is 2.25. The summed E-state index contributed by atoms with van der Waals surface area (Å²) in [6.07, 6.45) is 6.25. The number of piperidine rings is 1. The fourth-order valence-electron chi connectivity index (χ4n) is 4.79. The number of benzene rings is 1. The van der Waals surface area contributed by atoms with Crippen LogP contribution in [0.5, 0.6) is 5.75 Å². The summed E-state index contributed by atoms with van der Waals surface area (Å²) < 4.78 is 39.8. The number of sulfonamides is 1. The van der Waals surface area contributed by atoms with Crippen LogP contribution < -0.4 is 9.46 Å². The Labute approximate surface area is 191 Å². The zero-order valence-corrected chi connectivity index (χ0v) is 19.6. The molecular formula is C21H26N6O3S2. The van der Waals surface area contributed by atoms with E-state index in [1.54, 1.807) is 12.1 Å². The summed E-state index contributed by atoms with van der Waals surface area (Å²) in [7, 11) is -1.77. The molecule has 4 heterocycles. The number of hydrogen-bond acceptors (Lipinski definition) is 8. The van der Waals surface area contributed by atoms with Crippen molar-refractivity contribution in [2.45, 2.75) is 43.2 Å². The fourth-order valence-corrected chi connectivity index (χ4v) is 6.47. The number of rotatable bonds is 5. The minimum atomic E-state index is -3.77. The number of nitrogens with one attached hydrogen (secondary N) is 1. The van der Waals surface area contributed by atoms with Crippen LogP contribution in [0, 0.1) is 5.92 Å². The van der Waals surface area contributed by atoms with Gasteiger partial charge in [0.25, 0.3) is 10.0 Å². The molecule has 0 radical (unpaired) electrons. The molecule has 11 heteroatoms. The van der Waals surface area contributed by atoms with Crippen molar-refractivity contribution in [2.24, 2.45) is 13.0 Å². The Hall–Kier alpha value is -2.50. The van der Waals surface area contributed by atoms with E-state index < -0.39 is 10.0 Å². The second-order valence-corrected chi connectivity index (χ2v) is 10.9. The maximum atomic E-state index is 12.8. The van der Waals surface area contributed by atoms with Crippen molar-refractivity contribution in [1.29, 1.82) is 0 Å². The highest BCUT2D eigenvalue weighted by Crippen LogP contribution is 2.45. The Bertz CT molecular complexity index is 1190. The molecule has 1 fully saturated rings. The monoisotopic (exact) mass is 474 g/mol. The molecule has 170 valence electrons. The summed E-state index contributed by atoms with van der Waals surface area (Å²) >= 11 is 0.996. The number of likely N-dealkylation sites (tertiary alicyclic amines) is 1. The molecule has 2 aromatic heterocycles. The van der Waals surface area contributed by atoms with Gasteiger partial charge in [0, 0.05) is 48.9 Å². The van der Waals surface area contributed by atoms with Crippen LogP contribution in [0.4, 0.5) is 5.13 Å². The quantitative estimate of drug-likeness (QED) is 0.605. The number of ether oxygens (including phenoxy) is 1. The van der Waals surface area contributed by atoms with Crippen molar-refractivity contribution < 1.29 is 13.2 Å². The van der Waals surface area contributed by atoms with Crippen LogP contribution in [0.1, 0.15) is 49.5 Å². The lowest BCUT2D eigenvalue weighted by Gasteiger charge is -2.45. The van der Waals surface area contributed by atoms with Gasteiger partial charge in [-0.3, -0.25) is 14.3 Å². The van der Waals surface area contributed by atoms with Gasteiger partial charge in [-0.05, 0) is 37.4 Å². The number of fused-ring (bicyclic) bond motifs is 1. The van der Waals surface area contributed by atoms with E-state index in [9.17, 15) is 8.42 Å². The van der Waals surface area contributed by atoms with E-state index in [1.807, 2.05) is 24.0 Å². The number of aryl methyl sites for hydroxylation is 1. The molecule has 3 atom stereocenters. The zero-order chi connectivity index (χ0) is 22.3. The van der Waals surface area contributed by atoms with Gasteiger partial charge in [0.05, 0.1) is 23.2 Å². The molecule has 2 aliphatic rings. The minimum Gasteiger partial charge on any atom is -0.493 e. The standard InChI is InChI=1S/C21H26N6O3S2/c1-14-6-9-27(19(11-14)18-5-8-23-26(18)2)17-7-10-30-20-12-15(3-4-16(17)20)32(28,29)25-21-22-13-24-31-21/h3-5,8,12-14,17,19H,6-7,9-11H2,1-2H3,(H,22,24,25)/t14-,17+,19+/m1/s1. The van der Waals surface area contributed by atoms with Crippen molar-refractivity contribution in [1.82, 2.24) is 24.0 Å². The van der Waals surface area contributed by atoms with Gasteiger partial charge in [0.1, 0.15) is 12.1 Å². The molecule has 0 spiro atoms. The first kappa shape index (κ1) is 21.4. The third kappa shape index (κ3) is 4.00. The summed E-state index contributed by atoms with van der Waals surface area (Å²) in [6, 6.07) is 7.70. The van der Waals surface area contributed by atoms with Crippen molar-refractivity contribution in [3.05, 3.63) is 48.0 Å². The van der Waals surface area contributed by atoms with Crippen molar-refractivity contribution in [3.8, 4) is 5.75 Å². The maximum absolute atomic E-state index is 12.8. The maximum Gasteiger partial charge on any atom is 0.263 e. The van der Waals surface area contributed by atoms with Crippen LogP contribution in [0.25, 0.3) is 0 Å². The van der Waals surface area contributed by atoms with E-state index in [1.165, 1.54) is 12.0 Å². The molecule has 0 amide bonds. The molecule has 9 nitrogen and oxygen atoms in total. The van der Waals surface area contributed by atoms with E-state index in [-0.39, 0.29) is 22.1 Å². The molecule has 0 aliphatic carbocycles. The smallest absolute Gasteiger partial charge is 0.263 e. The van der Waals surface area contributed by atoms with Crippen molar-refractivity contribution in [2.75, 3.05) is 17.9 Å². The van der Waals surface area contributed by atoms with E-state index in [2.05, 4.69) is 37.1 Å². The first-order chi connectivity index (χ1) is 15.4. The summed E-state index contributed by atoms with van der Waals surface area (Å²) in [4.78, 5) is 6.61. The van der Waals surface area contributed by atoms with Crippen LogP contribution in [-0.4, -0.2) is 45.6 Å². The summed E-state index contributed by atoms with van der Waals surface area (Å²) in [6.45, 7) is 3.84. The van der Waals surface area contributed by atoms with Crippen LogP contribution in [0.2, 0.25) is 0 Å². The second kappa shape index (κ2) is 8.45. The third-order valence-electron chi connectivity index (χ3n) is 6.39. The molecule has 32 heavy (non-hydrogen) atoms. The Kier molecular flexibility index (Phi) is 5.64. The Morgan fingerprint density at radius 1 is 1.22 bits per heavy atom. The molecule has 1 N–H and O–H groups in total. The van der Waals surface area contributed by atoms with Crippen LogP contribution in [0.15, 0.2) is 41.7 Å². The zero-order valence-electron chi connectivity index (χ0n) is 18.0. The second-order valence-electron chi connectivity index (χ2n) is 8.47.